The number of thiophene rings is 1. The van der Waals surface area contributed by atoms with Crippen molar-refractivity contribution in [3.8, 4) is 0 Å². The molecule has 102 valence electrons. The maximum absolute atomic E-state index is 13.6. The molecule has 2 aromatic carbocycles. The lowest BCUT2D eigenvalue weighted by Gasteiger charge is -2.08. The predicted molar refractivity (Wildman–Crippen MR) is 76.8 cm³/mol. The Hall–Kier alpha value is -1.78. The molecule has 1 unspecified atom stereocenters. The van der Waals surface area contributed by atoms with E-state index in [-0.39, 0.29) is 18.1 Å². The zero-order chi connectivity index (χ0) is 14.1. The first-order valence-corrected chi connectivity index (χ1v) is 7.05. The fourth-order valence-electron chi connectivity index (χ4n) is 2.16. The maximum atomic E-state index is 13.6. The van der Waals surface area contributed by atoms with Gasteiger partial charge < -0.3 is 5.11 Å². The second-order valence-electron chi connectivity index (χ2n) is 4.64. The summed E-state index contributed by atoms with van der Waals surface area (Å²) in [5.41, 5.74) is 0.476. The number of aliphatic hydroxyl groups is 1. The minimum atomic E-state index is -0.785. The maximum Gasteiger partial charge on any atom is 0.126 e. The fourth-order valence-corrected chi connectivity index (χ4v) is 3.24. The molecule has 0 radical (unpaired) electrons. The van der Waals surface area contributed by atoms with Crippen molar-refractivity contribution in [2.75, 3.05) is 0 Å². The van der Waals surface area contributed by atoms with Gasteiger partial charge in [-0.2, -0.15) is 0 Å². The van der Waals surface area contributed by atoms with Crippen molar-refractivity contribution in [1.29, 1.82) is 0 Å². The molecule has 1 aromatic heterocycles. The van der Waals surface area contributed by atoms with Crippen molar-refractivity contribution >= 4 is 21.4 Å². The van der Waals surface area contributed by atoms with Gasteiger partial charge >= 0.3 is 0 Å². The molecule has 0 aliphatic heterocycles. The Labute approximate surface area is 119 Å². The van der Waals surface area contributed by atoms with Gasteiger partial charge in [0.1, 0.15) is 11.6 Å². The second kappa shape index (κ2) is 5.31. The second-order valence-corrected chi connectivity index (χ2v) is 5.76. The first kappa shape index (κ1) is 13.2. The Balaban J connectivity index is 1.89. The molecule has 0 amide bonds. The number of rotatable bonds is 3. The standard InChI is InChI=1S/C16H12F2OS/c17-12-6-5-11-8-16(20-15(11)9-12)14(19)7-10-3-1-2-4-13(10)18/h1-6,8-9,14,19H,7H2. The van der Waals surface area contributed by atoms with E-state index in [1.165, 1.54) is 29.5 Å². The van der Waals surface area contributed by atoms with Crippen LogP contribution in [0, 0.1) is 11.6 Å². The van der Waals surface area contributed by atoms with Gasteiger partial charge in [0.2, 0.25) is 0 Å². The van der Waals surface area contributed by atoms with E-state index in [4.69, 9.17) is 0 Å². The van der Waals surface area contributed by atoms with Crippen molar-refractivity contribution in [3.63, 3.8) is 0 Å². The predicted octanol–water partition coefficient (Wildman–Crippen LogP) is 4.46. The molecule has 0 aliphatic carbocycles. The molecule has 3 aromatic rings. The molecule has 0 saturated carbocycles. The monoisotopic (exact) mass is 290 g/mol. The van der Waals surface area contributed by atoms with Gasteiger partial charge in [-0.25, -0.2) is 8.78 Å². The first-order chi connectivity index (χ1) is 9.63. The topological polar surface area (TPSA) is 20.2 Å². The first-order valence-electron chi connectivity index (χ1n) is 6.24. The summed E-state index contributed by atoms with van der Waals surface area (Å²) >= 11 is 1.33. The molecule has 1 heterocycles. The molecule has 1 nitrogen and oxygen atoms in total. The summed E-state index contributed by atoms with van der Waals surface area (Å²) in [4.78, 5) is 0.717. The highest BCUT2D eigenvalue weighted by Gasteiger charge is 2.14. The quantitative estimate of drug-likeness (QED) is 0.755. The summed E-state index contributed by atoms with van der Waals surface area (Å²) in [6.07, 6.45) is -0.575. The lowest BCUT2D eigenvalue weighted by molar-refractivity contribution is 0.181. The molecule has 0 spiro atoms. The van der Waals surface area contributed by atoms with Gasteiger partial charge in [0.15, 0.2) is 0 Å². The molecule has 0 saturated heterocycles. The fraction of sp³-hybridized carbons (Fsp3) is 0.125. The largest absolute Gasteiger partial charge is 0.387 e. The van der Waals surface area contributed by atoms with Crippen LogP contribution in [0.25, 0.3) is 10.1 Å². The van der Waals surface area contributed by atoms with Gasteiger partial charge in [0, 0.05) is 16.0 Å². The number of aliphatic hydroxyl groups excluding tert-OH is 1. The lowest BCUT2D eigenvalue weighted by Crippen LogP contribution is -2.01. The summed E-state index contributed by atoms with van der Waals surface area (Å²) < 4.78 is 27.5. The molecule has 4 heteroatoms. The average Bonchev–Trinajstić information content (AvgIpc) is 2.84. The van der Waals surface area contributed by atoms with E-state index >= 15 is 0 Å². The lowest BCUT2D eigenvalue weighted by atomic mass is 10.1. The average molecular weight is 290 g/mol. The van der Waals surface area contributed by atoms with Crippen LogP contribution >= 0.6 is 11.3 Å². The number of hydrogen-bond donors (Lipinski definition) is 1. The molecule has 3 rings (SSSR count). The molecule has 0 aliphatic rings. The van der Waals surface area contributed by atoms with Crippen molar-refractivity contribution < 1.29 is 13.9 Å². The van der Waals surface area contributed by atoms with Gasteiger partial charge in [0.25, 0.3) is 0 Å². The number of benzene rings is 2. The molecule has 1 atom stereocenters. The summed E-state index contributed by atoms with van der Waals surface area (Å²) in [7, 11) is 0. The Morgan fingerprint density at radius 1 is 1.05 bits per heavy atom. The molecule has 0 bridgehead atoms. The van der Waals surface area contributed by atoms with Gasteiger partial charge in [0.05, 0.1) is 6.10 Å². The Bertz CT molecular complexity index is 751. The van der Waals surface area contributed by atoms with Crippen molar-refractivity contribution in [2.45, 2.75) is 12.5 Å². The van der Waals surface area contributed by atoms with Gasteiger partial charge in [-0.15, -0.1) is 11.3 Å². The highest BCUT2D eigenvalue weighted by molar-refractivity contribution is 7.19. The van der Waals surface area contributed by atoms with Crippen LogP contribution in [-0.4, -0.2) is 5.11 Å². The minimum Gasteiger partial charge on any atom is -0.387 e. The summed E-state index contributed by atoms with van der Waals surface area (Å²) in [5.74, 6) is -0.617. The van der Waals surface area contributed by atoms with E-state index < -0.39 is 6.10 Å². The zero-order valence-corrected chi connectivity index (χ0v) is 11.3. The van der Waals surface area contributed by atoms with Crippen molar-refractivity contribution in [3.05, 3.63) is 70.6 Å². The third-order valence-electron chi connectivity index (χ3n) is 3.20. The number of halogens is 2. The van der Waals surface area contributed by atoms with Gasteiger partial charge in [-0.1, -0.05) is 24.3 Å². The SMILES string of the molecule is OC(Cc1ccccc1F)c1cc2ccc(F)cc2s1. The molecule has 20 heavy (non-hydrogen) atoms. The molecular weight excluding hydrogens is 278 g/mol. The van der Waals surface area contributed by atoms with Crippen LogP contribution < -0.4 is 0 Å². The van der Waals surface area contributed by atoms with Crippen LogP contribution in [0.4, 0.5) is 8.78 Å². The van der Waals surface area contributed by atoms with Crippen LogP contribution in [0.1, 0.15) is 16.5 Å². The Morgan fingerprint density at radius 3 is 2.65 bits per heavy atom. The zero-order valence-electron chi connectivity index (χ0n) is 10.5. The van der Waals surface area contributed by atoms with Crippen LogP contribution in [0.5, 0.6) is 0 Å². The highest BCUT2D eigenvalue weighted by Crippen LogP contribution is 2.32. The minimum absolute atomic E-state index is 0.210. The molecule has 1 N–H and O–H groups in total. The normalized spacial score (nSPS) is 12.8. The summed E-state index contributed by atoms with van der Waals surface area (Å²) in [6, 6.07) is 12.7. The number of hydrogen-bond acceptors (Lipinski definition) is 2. The van der Waals surface area contributed by atoms with Crippen LogP contribution in [0.2, 0.25) is 0 Å². The molecular formula is C16H12F2OS. The van der Waals surface area contributed by atoms with E-state index in [0.29, 0.717) is 10.4 Å². The third-order valence-corrected chi connectivity index (χ3v) is 4.40. The summed E-state index contributed by atoms with van der Waals surface area (Å²) in [6.45, 7) is 0. The van der Waals surface area contributed by atoms with Crippen LogP contribution in [-0.2, 0) is 6.42 Å². The van der Waals surface area contributed by atoms with Gasteiger partial charge in [-0.3, -0.25) is 0 Å². The van der Waals surface area contributed by atoms with Crippen LogP contribution in [0.15, 0.2) is 48.5 Å². The van der Waals surface area contributed by atoms with Gasteiger partial charge in [-0.05, 0) is 35.2 Å². The van der Waals surface area contributed by atoms with E-state index in [0.717, 1.165) is 10.1 Å². The van der Waals surface area contributed by atoms with E-state index in [1.807, 2.05) is 6.07 Å². The summed E-state index contributed by atoms with van der Waals surface area (Å²) in [5, 5.41) is 11.1. The van der Waals surface area contributed by atoms with E-state index in [9.17, 15) is 13.9 Å². The van der Waals surface area contributed by atoms with Crippen LogP contribution in [0.3, 0.4) is 0 Å². The highest BCUT2D eigenvalue weighted by atomic mass is 32.1. The van der Waals surface area contributed by atoms with E-state index in [2.05, 4.69) is 0 Å². The number of fused-ring (bicyclic) bond motifs is 1. The molecule has 0 fully saturated rings. The Kier molecular flexibility index (Phi) is 3.51. The van der Waals surface area contributed by atoms with Crippen molar-refractivity contribution in [2.24, 2.45) is 0 Å². The van der Waals surface area contributed by atoms with Crippen molar-refractivity contribution in [1.82, 2.24) is 0 Å². The Morgan fingerprint density at radius 2 is 1.85 bits per heavy atom. The van der Waals surface area contributed by atoms with E-state index in [1.54, 1.807) is 24.3 Å². The smallest absolute Gasteiger partial charge is 0.126 e. The third kappa shape index (κ3) is 2.57.